The number of benzene rings is 3. The van der Waals surface area contributed by atoms with Crippen LogP contribution in [0.2, 0.25) is 10.0 Å². The minimum atomic E-state index is -3.95. The Morgan fingerprint density at radius 1 is 1.00 bits per heavy atom. The number of hydrogen-bond acceptors (Lipinski definition) is 4. The Hall–Kier alpha value is -2.80. The fourth-order valence-electron chi connectivity index (χ4n) is 2.68. The SMILES string of the molecule is C=CCN(c1ccccc1)S(=O)(=O)c1cccc(C(=O)Oc2cc(Cl)ccc2Cl)c1. The van der Waals surface area contributed by atoms with E-state index in [1.807, 2.05) is 0 Å². The van der Waals surface area contributed by atoms with Crippen molar-refractivity contribution < 1.29 is 17.9 Å². The number of sulfonamides is 1. The maximum atomic E-state index is 13.2. The molecule has 0 spiro atoms. The number of rotatable bonds is 7. The minimum absolute atomic E-state index is 0.0544. The van der Waals surface area contributed by atoms with E-state index in [9.17, 15) is 13.2 Å². The number of para-hydroxylation sites is 1. The molecule has 0 aliphatic rings. The molecule has 5 nitrogen and oxygen atoms in total. The predicted molar refractivity (Wildman–Crippen MR) is 119 cm³/mol. The van der Waals surface area contributed by atoms with Crippen molar-refractivity contribution in [2.45, 2.75) is 4.90 Å². The first-order valence-electron chi connectivity index (χ1n) is 8.79. The zero-order valence-corrected chi connectivity index (χ0v) is 18.0. The Bertz CT molecular complexity index is 1180. The summed E-state index contributed by atoms with van der Waals surface area (Å²) in [6.45, 7) is 3.71. The summed E-state index contributed by atoms with van der Waals surface area (Å²) in [6.07, 6.45) is 1.49. The van der Waals surface area contributed by atoms with Crippen LogP contribution in [0.4, 0.5) is 5.69 Å². The second-order valence-electron chi connectivity index (χ2n) is 6.15. The smallest absolute Gasteiger partial charge is 0.343 e. The Kier molecular flexibility index (Phi) is 6.82. The van der Waals surface area contributed by atoms with Crippen molar-refractivity contribution in [1.82, 2.24) is 0 Å². The molecule has 0 aliphatic heterocycles. The Morgan fingerprint density at radius 2 is 1.73 bits per heavy atom. The summed E-state index contributed by atoms with van der Waals surface area (Å²) >= 11 is 11.9. The summed E-state index contributed by atoms with van der Waals surface area (Å²) in [5.41, 5.74) is 0.537. The molecule has 30 heavy (non-hydrogen) atoms. The lowest BCUT2D eigenvalue weighted by Crippen LogP contribution is -2.31. The zero-order chi connectivity index (χ0) is 21.7. The van der Waals surface area contributed by atoms with Crippen LogP contribution in [0.1, 0.15) is 10.4 Å². The van der Waals surface area contributed by atoms with Crippen molar-refractivity contribution >= 4 is 44.9 Å². The van der Waals surface area contributed by atoms with Crippen molar-refractivity contribution in [3.8, 4) is 5.75 Å². The van der Waals surface area contributed by atoms with Gasteiger partial charge < -0.3 is 4.74 Å². The van der Waals surface area contributed by atoms with Crippen LogP contribution in [0.25, 0.3) is 0 Å². The van der Waals surface area contributed by atoms with Crippen LogP contribution in [0.3, 0.4) is 0 Å². The van der Waals surface area contributed by atoms with Crippen LogP contribution in [0, 0.1) is 0 Å². The Labute approximate surface area is 185 Å². The van der Waals surface area contributed by atoms with Gasteiger partial charge >= 0.3 is 5.97 Å². The number of carbonyl (C=O) groups is 1. The zero-order valence-electron chi connectivity index (χ0n) is 15.7. The molecule has 3 aromatic rings. The van der Waals surface area contributed by atoms with E-state index in [4.69, 9.17) is 27.9 Å². The largest absolute Gasteiger partial charge is 0.421 e. The van der Waals surface area contributed by atoms with Crippen LogP contribution in [-0.4, -0.2) is 20.9 Å². The van der Waals surface area contributed by atoms with E-state index in [-0.39, 0.29) is 27.8 Å². The number of ether oxygens (including phenoxy) is 1. The summed E-state index contributed by atoms with van der Waals surface area (Å²) in [4.78, 5) is 12.5. The van der Waals surface area contributed by atoms with Crippen molar-refractivity contribution in [3.63, 3.8) is 0 Å². The van der Waals surface area contributed by atoms with Crippen molar-refractivity contribution in [3.05, 3.63) is 101 Å². The first-order chi connectivity index (χ1) is 14.3. The molecule has 0 aromatic heterocycles. The van der Waals surface area contributed by atoms with Crippen molar-refractivity contribution in [1.29, 1.82) is 0 Å². The first-order valence-corrected chi connectivity index (χ1v) is 11.0. The van der Waals surface area contributed by atoms with Crippen LogP contribution in [0.15, 0.2) is 90.3 Å². The summed E-state index contributed by atoms with van der Waals surface area (Å²) in [7, 11) is -3.95. The molecule has 0 aliphatic carbocycles. The van der Waals surface area contributed by atoms with Gasteiger partial charge in [0.15, 0.2) is 5.75 Å². The van der Waals surface area contributed by atoms with E-state index in [1.54, 1.807) is 36.4 Å². The number of carbonyl (C=O) groups excluding carboxylic acids is 1. The molecule has 8 heteroatoms. The maximum absolute atomic E-state index is 13.2. The third-order valence-corrected chi connectivity index (χ3v) is 6.43. The number of nitrogens with zero attached hydrogens (tertiary/aromatic N) is 1. The molecule has 0 saturated heterocycles. The number of anilines is 1. The molecule has 0 heterocycles. The summed E-state index contributed by atoms with van der Waals surface area (Å²) in [6, 6.07) is 18.7. The Balaban J connectivity index is 1.94. The molecule has 0 unspecified atom stereocenters. The molecule has 0 saturated carbocycles. The fourth-order valence-corrected chi connectivity index (χ4v) is 4.48. The lowest BCUT2D eigenvalue weighted by molar-refractivity contribution is 0.0734. The molecule has 0 atom stereocenters. The van der Waals surface area contributed by atoms with Gasteiger partial charge in [-0.2, -0.15) is 0 Å². The lowest BCUT2D eigenvalue weighted by Gasteiger charge is -2.23. The first kappa shape index (κ1) is 21.9. The van der Waals surface area contributed by atoms with Crippen LogP contribution >= 0.6 is 23.2 Å². The topological polar surface area (TPSA) is 63.7 Å². The molecule has 0 fully saturated rings. The van der Waals surface area contributed by atoms with Gasteiger partial charge in [-0.1, -0.05) is 53.5 Å². The molecular weight excluding hydrogens is 445 g/mol. The summed E-state index contributed by atoms with van der Waals surface area (Å²) < 4.78 is 33.0. The van der Waals surface area contributed by atoms with E-state index in [0.717, 1.165) is 0 Å². The van der Waals surface area contributed by atoms with E-state index >= 15 is 0 Å². The number of hydrogen-bond donors (Lipinski definition) is 0. The molecule has 154 valence electrons. The minimum Gasteiger partial charge on any atom is -0.421 e. The summed E-state index contributed by atoms with van der Waals surface area (Å²) in [5, 5.41) is 0.555. The highest BCUT2D eigenvalue weighted by Gasteiger charge is 2.25. The van der Waals surface area contributed by atoms with Gasteiger partial charge in [0.2, 0.25) is 0 Å². The number of halogens is 2. The highest BCUT2D eigenvalue weighted by molar-refractivity contribution is 7.92. The molecule has 3 rings (SSSR count). The predicted octanol–water partition coefficient (Wildman–Crippen LogP) is 5.59. The standard InChI is InChI=1S/C22H17Cl2NO4S/c1-2-13-25(18-8-4-3-5-9-18)30(27,28)19-10-6-7-16(14-19)22(26)29-21-15-17(23)11-12-20(21)24/h2-12,14-15H,1,13H2. The quantitative estimate of drug-likeness (QED) is 0.261. The monoisotopic (exact) mass is 461 g/mol. The third kappa shape index (κ3) is 4.84. The molecular formula is C22H17Cl2NO4S. The normalized spacial score (nSPS) is 11.0. The van der Waals surface area contributed by atoms with E-state index in [1.165, 1.54) is 46.8 Å². The Morgan fingerprint density at radius 3 is 2.43 bits per heavy atom. The third-order valence-electron chi connectivity index (χ3n) is 4.09. The molecule has 3 aromatic carbocycles. The highest BCUT2D eigenvalue weighted by Crippen LogP contribution is 2.29. The van der Waals surface area contributed by atoms with Gasteiger partial charge in [-0.25, -0.2) is 13.2 Å². The van der Waals surface area contributed by atoms with Gasteiger partial charge in [0.05, 0.1) is 27.7 Å². The second kappa shape index (κ2) is 9.34. The molecule has 0 radical (unpaired) electrons. The van der Waals surface area contributed by atoms with Gasteiger partial charge in [-0.3, -0.25) is 4.31 Å². The summed E-state index contributed by atoms with van der Waals surface area (Å²) in [5.74, 6) is -0.675. The molecule has 0 amide bonds. The van der Waals surface area contributed by atoms with E-state index in [2.05, 4.69) is 6.58 Å². The highest BCUT2D eigenvalue weighted by atomic mass is 35.5. The average Bonchev–Trinajstić information content (AvgIpc) is 2.75. The lowest BCUT2D eigenvalue weighted by atomic mass is 10.2. The van der Waals surface area contributed by atoms with E-state index in [0.29, 0.717) is 10.7 Å². The van der Waals surface area contributed by atoms with E-state index < -0.39 is 16.0 Å². The van der Waals surface area contributed by atoms with Gasteiger partial charge in [-0.15, -0.1) is 6.58 Å². The maximum Gasteiger partial charge on any atom is 0.343 e. The van der Waals surface area contributed by atoms with Crippen LogP contribution < -0.4 is 9.04 Å². The molecule has 0 N–H and O–H groups in total. The number of esters is 1. The average molecular weight is 462 g/mol. The molecule has 0 bridgehead atoms. The van der Waals surface area contributed by atoms with Gasteiger partial charge in [-0.05, 0) is 42.5 Å². The van der Waals surface area contributed by atoms with Gasteiger partial charge in [0.1, 0.15) is 0 Å². The second-order valence-corrected chi connectivity index (χ2v) is 8.86. The van der Waals surface area contributed by atoms with Crippen molar-refractivity contribution in [2.75, 3.05) is 10.8 Å². The van der Waals surface area contributed by atoms with Crippen molar-refractivity contribution in [2.24, 2.45) is 0 Å². The van der Waals surface area contributed by atoms with Gasteiger partial charge in [0.25, 0.3) is 10.0 Å². The fraction of sp³-hybridized carbons (Fsp3) is 0.0455. The van der Waals surface area contributed by atoms with Crippen LogP contribution in [0.5, 0.6) is 5.75 Å². The van der Waals surface area contributed by atoms with Crippen LogP contribution in [-0.2, 0) is 10.0 Å². The van der Waals surface area contributed by atoms with Gasteiger partial charge in [0, 0.05) is 11.1 Å².